The molecule has 0 atom stereocenters. The molecule has 0 aliphatic carbocycles. The molecule has 10 heteroatoms. The van der Waals surface area contributed by atoms with Crippen LogP contribution in [0.1, 0.15) is 5.82 Å². The number of aromatic amines is 4. The van der Waals surface area contributed by atoms with E-state index in [0.29, 0.717) is 4.68 Å². The van der Waals surface area contributed by atoms with Gasteiger partial charge in [-0.15, -0.1) is 4.95 Å². The Labute approximate surface area is 109 Å². The molecule has 0 spiro atoms. The van der Waals surface area contributed by atoms with Crippen molar-refractivity contribution in [1.82, 2.24) is 29.6 Å². The molecular formula is C10H9N7O3. The van der Waals surface area contributed by atoms with Crippen LogP contribution in [0.25, 0.3) is 16.1 Å². The summed E-state index contributed by atoms with van der Waals surface area (Å²) in [7, 11) is 0. The minimum absolute atomic E-state index is 0.00935. The van der Waals surface area contributed by atoms with Crippen LogP contribution in [0.3, 0.4) is 0 Å². The van der Waals surface area contributed by atoms with Gasteiger partial charge in [-0.2, -0.15) is 6.57 Å². The Morgan fingerprint density at radius 1 is 1.25 bits per heavy atom. The van der Waals surface area contributed by atoms with Crippen LogP contribution in [0.15, 0.2) is 26.8 Å². The fraction of sp³-hybridized carbons (Fsp3) is 0.100. The van der Waals surface area contributed by atoms with Crippen LogP contribution in [0.4, 0.5) is 0 Å². The predicted octanol–water partition coefficient (Wildman–Crippen LogP) is -0.893. The quantitative estimate of drug-likeness (QED) is 0.395. The summed E-state index contributed by atoms with van der Waals surface area (Å²) in [6.45, 7) is 8.49. The van der Waals surface area contributed by atoms with Gasteiger partial charge in [0.2, 0.25) is 0 Å². The van der Waals surface area contributed by atoms with E-state index in [-0.39, 0.29) is 11.2 Å². The second-order valence-corrected chi connectivity index (χ2v) is 3.65. The zero-order chi connectivity index (χ0) is 14.7. The van der Waals surface area contributed by atoms with Gasteiger partial charge < -0.3 is 4.98 Å². The Balaban J connectivity index is 0.000000205. The SMILES string of the molecule is Cc1ncc[nH]1.[C-]#[N+]n1c(=O)[nH]c2[nH]c(=O)[nH]c2c1=O. The molecule has 0 radical (unpaired) electrons. The van der Waals surface area contributed by atoms with Gasteiger partial charge in [0, 0.05) is 12.4 Å². The number of fused-ring (bicyclic) bond motifs is 1. The first-order chi connectivity index (χ1) is 9.52. The maximum absolute atomic E-state index is 11.3. The standard InChI is InChI=1S/C6H3N5O3.C4H6N2/c1-7-11-4(12)2-3(10-6(11)14)9-5(13)8-2;1-4-5-2-3-6-4/h(H,10,14)(H2,8,9,13);2-3H,1H3,(H,5,6). The summed E-state index contributed by atoms with van der Waals surface area (Å²) in [5.41, 5.74) is -2.48. The molecule has 0 aliphatic rings. The topological polar surface area (TPSA) is 137 Å². The van der Waals surface area contributed by atoms with Crippen molar-refractivity contribution in [3.63, 3.8) is 0 Å². The van der Waals surface area contributed by atoms with E-state index in [9.17, 15) is 14.4 Å². The summed E-state index contributed by atoms with van der Waals surface area (Å²) in [5.74, 6) is 0.968. The van der Waals surface area contributed by atoms with Gasteiger partial charge in [0.15, 0.2) is 5.52 Å². The first-order valence-corrected chi connectivity index (χ1v) is 5.34. The highest BCUT2D eigenvalue weighted by molar-refractivity contribution is 5.67. The van der Waals surface area contributed by atoms with E-state index in [4.69, 9.17) is 6.57 Å². The van der Waals surface area contributed by atoms with E-state index in [0.717, 1.165) is 5.82 Å². The van der Waals surface area contributed by atoms with Crippen molar-refractivity contribution in [2.75, 3.05) is 0 Å². The van der Waals surface area contributed by atoms with E-state index in [1.54, 1.807) is 12.4 Å². The summed E-state index contributed by atoms with van der Waals surface area (Å²) in [6.07, 6.45) is 3.53. The minimum atomic E-state index is -0.882. The Hall–Kier alpha value is -3.35. The predicted molar refractivity (Wildman–Crippen MR) is 69.1 cm³/mol. The molecule has 0 saturated heterocycles. The Morgan fingerprint density at radius 2 is 2.00 bits per heavy atom. The van der Waals surface area contributed by atoms with Gasteiger partial charge in [-0.05, 0) is 6.92 Å². The Bertz CT molecular complexity index is 932. The molecule has 4 N–H and O–H groups in total. The zero-order valence-corrected chi connectivity index (χ0v) is 10.2. The van der Waals surface area contributed by atoms with Crippen LogP contribution in [-0.2, 0) is 0 Å². The molecule has 3 heterocycles. The van der Waals surface area contributed by atoms with Gasteiger partial charge >= 0.3 is 16.9 Å². The van der Waals surface area contributed by atoms with E-state index in [1.807, 2.05) is 6.92 Å². The number of hydrogen-bond donors (Lipinski definition) is 4. The van der Waals surface area contributed by atoms with Gasteiger partial charge in [0.05, 0.1) is 4.68 Å². The number of hydrogen-bond acceptors (Lipinski definition) is 4. The number of rotatable bonds is 0. The highest BCUT2D eigenvalue weighted by Gasteiger charge is 2.12. The number of imidazole rings is 2. The van der Waals surface area contributed by atoms with Gasteiger partial charge in [-0.1, -0.05) is 0 Å². The monoisotopic (exact) mass is 275 g/mol. The molecular weight excluding hydrogens is 266 g/mol. The molecule has 3 rings (SSSR count). The lowest BCUT2D eigenvalue weighted by molar-refractivity contribution is 0.891. The molecule has 0 aromatic carbocycles. The number of aryl methyl sites for hydroxylation is 1. The van der Waals surface area contributed by atoms with Gasteiger partial charge in [0.25, 0.3) is 0 Å². The second kappa shape index (κ2) is 5.11. The first-order valence-electron chi connectivity index (χ1n) is 5.34. The van der Waals surface area contributed by atoms with Crippen molar-refractivity contribution in [3.05, 3.63) is 61.1 Å². The highest BCUT2D eigenvalue weighted by atomic mass is 16.2. The zero-order valence-electron chi connectivity index (χ0n) is 10.2. The molecule has 20 heavy (non-hydrogen) atoms. The van der Waals surface area contributed by atoms with E-state index < -0.39 is 16.9 Å². The Kier molecular flexibility index (Phi) is 3.34. The van der Waals surface area contributed by atoms with E-state index >= 15 is 0 Å². The number of nitrogens with one attached hydrogen (secondary N) is 4. The summed E-state index contributed by atoms with van der Waals surface area (Å²) in [6, 6.07) is 0. The van der Waals surface area contributed by atoms with Crippen LogP contribution >= 0.6 is 0 Å². The largest absolute Gasteiger partial charge is 0.398 e. The van der Waals surface area contributed by atoms with Gasteiger partial charge in [-0.3, -0.25) is 19.7 Å². The fourth-order valence-corrected chi connectivity index (χ4v) is 1.43. The summed E-state index contributed by atoms with van der Waals surface area (Å²) < 4.78 is 0.298. The molecule has 0 aliphatic heterocycles. The van der Waals surface area contributed by atoms with Crippen molar-refractivity contribution in [3.8, 4) is 0 Å². The molecule has 3 aromatic rings. The molecule has 0 fully saturated rings. The van der Waals surface area contributed by atoms with Crippen LogP contribution in [-0.4, -0.2) is 29.6 Å². The smallest absolute Gasteiger partial charge is 0.349 e. The van der Waals surface area contributed by atoms with Crippen molar-refractivity contribution in [1.29, 1.82) is 0 Å². The molecule has 0 amide bonds. The maximum atomic E-state index is 11.3. The lowest BCUT2D eigenvalue weighted by Gasteiger charge is -1.87. The van der Waals surface area contributed by atoms with E-state index in [2.05, 4.69) is 29.9 Å². The summed E-state index contributed by atoms with van der Waals surface area (Å²) in [5, 5.41) is 0. The fourth-order valence-electron chi connectivity index (χ4n) is 1.43. The average molecular weight is 275 g/mol. The molecule has 102 valence electrons. The second-order valence-electron chi connectivity index (χ2n) is 3.65. The third-order valence-electron chi connectivity index (χ3n) is 2.29. The van der Waals surface area contributed by atoms with Crippen LogP contribution in [0.5, 0.6) is 0 Å². The van der Waals surface area contributed by atoms with Crippen LogP contribution in [0.2, 0.25) is 0 Å². The molecule has 0 bridgehead atoms. The average Bonchev–Trinajstić information content (AvgIpc) is 2.99. The summed E-state index contributed by atoms with van der Waals surface area (Å²) >= 11 is 0. The normalized spacial score (nSPS) is 9.80. The van der Waals surface area contributed by atoms with Gasteiger partial charge in [0.1, 0.15) is 11.5 Å². The third kappa shape index (κ3) is 2.41. The van der Waals surface area contributed by atoms with Crippen LogP contribution < -0.4 is 16.9 Å². The van der Waals surface area contributed by atoms with Crippen molar-refractivity contribution < 1.29 is 0 Å². The van der Waals surface area contributed by atoms with E-state index in [1.165, 1.54) is 0 Å². The van der Waals surface area contributed by atoms with Crippen molar-refractivity contribution in [2.45, 2.75) is 6.92 Å². The highest BCUT2D eigenvalue weighted by Crippen LogP contribution is 1.91. The minimum Gasteiger partial charge on any atom is -0.349 e. The van der Waals surface area contributed by atoms with Gasteiger partial charge in [-0.25, -0.2) is 14.6 Å². The van der Waals surface area contributed by atoms with Crippen molar-refractivity contribution in [2.24, 2.45) is 0 Å². The first kappa shape index (κ1) is 13.1. The molecule has 0 unspecified atom stereocenters. The van der Waals surface area contributed by atoms with Crippen LogP contribution in [0, 0.1) is 13.5 Å². The van der Waals surface area contributed by atoms with Crippen molar-refractivity contribution >= 4 is 11.2 Å². The number of H-pyrrole nitrogens is 4. The number of aromatic nitrogens is 6. The Morgan fingerprint density at radius 3 is 2.50 bits per heavy atom. The lowest BCUT2D eigenvalue weighted by atomic mass is 10.5. The summed E-state index contributed by atoms with van der Waals surface area (Å²) in [4.78, 5) is 49.2. The number of nitrogens with zero attached hydrogens (tertiary/aromatic N) is 3. The molecule has 0 saturated carbocycles. The lowest BCUT2D eigenvalue weighted by Crippen LogP contribution is -2.30. The molecule has 10 nitrogen and oxygen atoms in total. The molecule has 3 aromatic heterocycles. The third-order valence-corrected chi connectivity index (χ3v) is 2.29. The maximum Gasteiger partial charge on any atom is 0.398 e.